The minimum atomic E-state index is 0.407. The van der Waals surface area contributed by atoms with Crippen molar-refractivity contribution in [1.29, 1.82) is 0 Å². The van der Waals surface area contributed by atoms with Crippen LogP contribution in [0.15, 0.2) is 78.9 Å². The van der Waals surface area contributed by atoms with Crippen LogP contribution >= 0.6 is 0 Å². The quantitative estimate of drug-likeness (QED) is 0.579. The summed E-state index contributed by atoms with van der Waals surface area (Å²) in [4.78, 5) is 0. The van der Waals surface area contributed by atoms with E-state index >= 15 is 0 Å². The summed E-state index contributed by atoms with van der Waals surface area (Å²) in [5, 5.41) is 0. The Hall–Kier alpha value is -2.34. The van der Waals surface area contributed by atoms with Crippen molar-refractivity contribution < 1.29 is 0 Å². The first-order valence-electron chi connectivity index (χ1n) is 7.90. The van der Waals surface area contributed by atoms with Gasteiger partial charge in [0.1, 0.15) is 0 Å². The van der Waals surface area contributed by atoms with Gasteiger partial charge in [0, 0.05) is 5.92 Å². The number of hydrogen-bond acceptors (Lipinski definition) is 0. The average molecular weight is 286 g/mol. The highest BCUT2D eigenvalue weighted by Gasteiger charge is 2.18. The van der Waals surface area contributed by atoms with Gasteiger partial charge in [-0.3, -0.25) is 0 Å². The molecule has 0 aromatic heterocycles. The Morgan fingerprint density at radius 3 is 1.55 bits per heavy atom. The minimum absolute atomic E-state index is 0.407. The Morgan fingerprint density at radius 1 is 0.591 bits per heavy atom. The summed E-state index contributed by atoms with van der Waals surface area (Å²) in [5.74, 6) is 0.407. The van der Waals surface area contributed by atoms with Crippen molar-refractivity contribution >= 4 is 0 Å². The zero-order valence-corrected chi connectivity index (χ0v) is 13.3. The maximum absolute atomic E-state index is 2.27. The molecule has 0 spiro atoms. The van der Waals surface area contributed by atoms with E-state index in [1.807, 2.05) is 0 Å². The molecule has 0 fully saturated rings. The maximum Gasteiger partial charge on any atom is 0.0135 e. The zero-order chi connectivity index (χ0) is 15.4. The highest BCUT2D eigenvalue weighted by atomic mass is 14.2. The molecule has 0 heterocycles. The third-order valence-electron chi connectivity index (χ3n) is 4.41. The Bertz CT molecular complexity index is 695. The van der Waals surface area contributed by atoms with Crippen LogP contribution in [0.3, 0.4) is 0 Å². The lowest BCUT2D eigenvalue weighted by Crippen LogP contribution is -2.08. The number of rotatable bonds is 4. The predicted molar refractivity (Wildman–Crippen MR) is 94.3 cm³/mol. The van der Waals surface area contributed by atoms with Crippen molar-refractivity contribution in [3.05, 3.63) is 107 Å². The lowest BCUT2D eigenvalue weighted by atomic mass is 9.82. The van der Waals surface area contributed by atoms with Crippen molar-refractivity contribution in [2.24, 2.45) is 0 Å². The molecule has 0 aliphatic heterocycles. The van der Waals surface area contributed by atoms with Crippen LogP contribution < -0.4 is 0 Å². The average Bonchev–Trinajstić information content (AvgIpc) is 2.55. The van der Waals surface area contributed by atoms with Crippen LogP contribution in [0.4, 0.5) is 0 Å². The second kappa shape index (κ2) is 6.62. The van der Waals surface area contributed by atoms with E-state index in [1.165, 1.54) is 27.8 Å². The van der Waals surface area contributed by atoms with Crippen LogP contribution in [0.2, 0.25) is 0 Å². The van der Waals surface area contributed by atoms with Crippen LogP contribution in [0.5, 0.6) is 0 Å². The van der Waals surface area contributed by atoms with Crippen LogP contribution in [-0.2, 0) is 6.42 Å². The first-order valence-corrected chi connectivity index (χ1v) is 7.90. The van der Waals surface area contributed by atoms with Crippen molar-refractivity contribution in [2.45, 2.75) is 26.2 Å². The highest BCUT2D eigenvalue weighted by Crippen LogP contribution is 2.32. The summed E-state index contributed by atoms with van der Waals surface area (Å²) in [6, 6.07) is 28.3. The van der Waals surface area contributed by atoms with Gasteiger partial charge in [0.25, 0.3) is 0 Å². The van der Waals surface area contributed by atoms with Gasteiger partial charge in [0.05, 0.1) is 0 Å². The molecular weight excluding hydrogens is 264 g/mol. The molecule has 22 heavy (non-hydrogen) atoms. The van der Waals surface area contributed by atoms with Crippen molar-refractivity contribution in [3.8, 4) is 0 Å². The molecule has 0 aliphatic rings. The fourth-order valence-corrected chi connectivity index (χ4v) is 3.19. The van der Waals surface area contributed by atoms with Gasteiger partial charge in [-0.05, 0) is 48.1 Å². The SMILES string of the molecule is Cc1ccccc1C(Cc1ccccc1)c1ccccc1C. The standard InChI is InChI=1S/C22H22/c1-17-10-6-8-14-20(17)22(16-19-12-4-3-5-13-19)21-15-9-7-11-18(21)2/h3-15,22H,16H2,1-2H3. The van der Waals surface area contributed by atoms with Crippen LogP contribution in [-0.4, -0.2) is 0 Å². The van der Waals surface area contributed by atoms with E-state index in [4.69, 9.17) is 0 Å². The van der Waals surface area contributed by atoms with Gasteiger partial charge in [-0.2, -0.15) is 0 Å². The second-order valence-corrected chi connectivity index (χ2v) is 5.96. The minimum Gasteiger partial charge on any atom is -0.0622 e. The summed E-state index contributed by atoms with van der Waals surface area (Å²) in [6.07, 6.45) is 1.04. The monoisotopic (exact) mass is 286 g/mol. The van der Waals surface area contributed by atoms with Gasteiger partial charge in [-0.1, -0.05) is 78.9 Å². The zero-order valence-electron chi connectivity index (χ0n) is 13.3. The lowest BCUT2D eigenvalue weighted by molar-refractivity contribution is 0.792. The van der Waals surface area contributed by atoms with Gasteiger partial charge in [-0.15, -0.1) is 0 Å². The van der Waals surface area contributed by atoms with E-state index in [0.29, 0.717) is 5.92 Å². The molecule has 0 aliphatic carbocycles. The number of benzene rings is 3. The van der Waals surface area contributed by atoms with Gasteiger partial charge in [0.15, 0.2) is 0 Å². The summed E-state index contributed by atoms with van der Waals surface area (Å²) in [5.41, 5.74) is 6.98. The summed E-state index contributed by atoms with van der Waals surface area (Å²) in [7, 11) is 0. The molecule has 0 heteroatoms. The fourth-order valence-electron chi connectivity index (χ4n) is 3.19. The highest BCUT2D eigenvalue weighted by molar-refractivity contribution is 5.42. The summed E-state index contributed by atoms with van der Waals surface area (Å²) in [6.45, 7) is 4.43. The number of aryl methyl sites for hydroxylation is 2. The van der Waals surface area contributed by atoms with Gasteiger partial charge >= 0.3 is 0 Å². The van der Waals surface area contributed by atoms with Crippen LogP contribution in [0.25, 0.3) is 0 Å². The predicted octanol–water partition coefficient (Wildman–Crippen LogP) is 5.68. The topological polar surface area (TPSA) is 0 Å². The van der Waals surface area contributed by atoms with Crippen LogP contribution in [0, 0.1) is 13.8 Å². The molecule has 3 aromatic carbocycles. The normalized spacial score (nSPS) is 10.9. The molecule has 0 atom stereocenters. The fraction of sp³-hybridized carbons (Fsp3) is 0.182. The molecule has 3 rings (SSSR count). The van der Waals surface area contributed by atoms with Gasteiger partial charge in [-0.25, -0.2) is 0 Å². The van der Waals surface area contributed by atoms with E-state index in [0.717, 1.165) is 6.42 Å². The molecule has 0 saturated carbocycles. The molecule has 0 amide bonds. The van der Waals surface area contributed by atoms with E-state index in [9.17, 15) is 0 Å². The molecule has 0 bridgehead atoms. The molecule has 0 nitrogen and oxygen atoms in total. The molecular formula is C22H22. The van der Waals surface area contributed by atoms with E-state index in [1.54, 1.807) is 0 Å². The Labute approximate surface area is 133 Å². The lowest BCUT2D eigenvalue weighted by Gasteiger charge is -2.22. The largest absolute Gasteiger partial charge is 0.0622 e. The molecule has 110 valence electrons. The first kappa shape index (κ1) is 14.6. The summed E-state index contributed by atoms with van der Waals surface area (Å²) >= 11 is 0. The van der Waals surface area contributed by atoms with Crippen molar-refractivity contribution in [3.63, 3.8) is 0 Å². The van der Waals surface area contributed by atoms with E-state index in [2.05, 4.69) is 92.7 Å². The first-order chi connectivity index (χ1) is 10.8. The molecule has 0 radical (unpaired) electrons. The second-order valence-electron chi connectivity index (χ2n) is 5.96. The van der Waals surface area contributed by atoms with Crippen molar-refractivity contribution in [2.75, 3.05) is 0 Å². The van der Waals surface area contributed by atoms with Gasteiger partial charge < -0.3 is 0 Å². The third-order valence-corrected chi connectivity index (χ3v) is 4.41. The Kier molecular flexibility index (Phi) is 4.39. The Balaban J connectivity index is 2.07. The number of hydrogen-bond donors (Lipinski definition) is 0. The van der Waals surface area contributed by atoms with Crippen LogP contribution in [0.1, 0.15) is 33.7 Å². The Morgan fingerprint density at radius 2 is 1.05 bits per heavy atom. The smallest absolute Gasteiger partial charge is 0.0135 e. The molecule has 0 unspecified atom stereocenters. The van der Waals surface area contributed by atoms with Crippen molar-refractivity contribution in [1.82, 2.24) is 0 Å². The molecule has 3 aromatic rings. The third kappa shape index (κ3) is 3.12. The van der Waals surface area contributed by atoms with E-state index in [-0.39, 0.29) is 0 Å². The van der Waals surface area contributed by atoms with E-state index < -0.39 is 0 Å². The van der Waals surface area contributed by atoms with Gasteiger partial charge in [0.2, 0.25) is 0 Å². The molecule has 0 saturated heterocycles. The summed E-state index contributed by atoms with van der Waals surface area (Å²) < 4.78 is 0. The maximum atomic E-state index is 2.27. The molecule has 0 N–H and O–H groups in total.